The quantitative estimate of drug-likeness (QED) is 0.755. The third-order valence-corrected chi connectivity index (χ3v) is 4.60. The smallest absolute Gasteiger partial charge is 0.231 e. The summed E-state index contributed by atoms with van der Waals surface area (Å²) in [4.78, 5) is 4.37. The molecule has 0 radical (unpaired) electrons. The maximum atomic E-state index is 5.67. The van der Waals surface area contributed by atoms with Crippen molar-refractivity contribution in [2.45, 2.75) is 13.1 Å². The molecular weight excluding hydrogens is 346 g/mol. The summed E-state index contributed by atoms with van der Waals surface area (Å²) >= 11 is 5.67. The summed E-state index contributed by atoms with van der Waals surface area (Å²) in [7, 11) is 4.15. The van der Waals surface area contributed by atoms with Crippen molar-refractivity contribution in [2.24, 2.45) is 0 Å². The summed E-state index contributed by atoms with van der Waals surface area (Å²) < 4.78 is 10.8. The Morgan fingerprint density at radius 1 is 1.00 bits per heavy atom. The molecule has 1 heterocycles. The standard InChI is InChI=1S/C20H25N3O2S/c1-22(2)10-11-23(14-16-6-4-3-5-7-16)20(26)21-13-17-8-9-18-19(12-17)25-15-24-18/h3-9,12H,10-11,13-15H2,1-2H3,(H,21,26). The third kappa shape index (κ3) is 5.09. The van der Waals surface area contributed by atoms with Crippen LogP contribution in [0, 0.1) is 0 Å². The normalized spacial score (nSPS) is 12.3. The molecule has 0 aromatic heterocycles. The number of thiocarbonyl (C=S) groups is 1. The van der Waals surface area contributed by atoms with Crippen LogP contribution in [0.4, 0.5) is 0 Å². The zero-order chi connectivity index (χ0) is 18.4. The van der Waals surface area contributed by atoms with E-state index in [1.54, 1.807) is 0 Å². The van der Waals surface area contributed by atoms with Crippen molar-refractivity contribution in [3.05, 3.63) is 59.7 Å². The zero-order valence-corrected chi connectivity index (χ0v) is 16.1. The molecule has 0 fully saturated rings. The average molecular weight is 372 g/mol. The van der Waals surface area contributed by atoms with Crippen LogP contribution in [-0.2, 0) is 13.1 Å². The Balaban J connectivity index is 1.60. The van der Waals surface area contributed by atoms with Crippen molar-refractivity contribution in [3.8, 4) is 11.5 Å². The van der Waals surface area contributed by atoms with Gasteiger partial charge in [-0.2, -0.15) is 0 Å². The van der Waals surface area contributed by atoms with E-state index in [0.717, 1.165) is 41.8 Å². The summed E-state index contributed by atoms with van der Waals surface area (Å²) in [6.07, 6.45) is 0. The van der Waals surface area contributed by atoms with Gasteiger partial charge in [-0.15, -0.1) is 0 Å². The van der Waals surface area contributed by atoms with Crippen molar-refractivity contribution in [1.29, 1.82) is 0 Å². The summed E-state index contributed by atoms with van der Waals surface area (Å²) in [6.45, 7) is 3.55. The van der Waals surface area contributed by atoms with Gasteiger partial charge >= 0.3 is 0 Å². The van der Waals surface area contributed by atoms with Crippen LogP contribution in [0.25, 0.3) is 0 Å². The van der Waals surface area contributed by atoms with Gasteiger partial charge in [-0.1, -0.05) is 36.4 Å². The first-order valence-electron chi connectivity index (χ1n) is 8.72. The van der Waals surface area contributed by atoms with E-state index in [2.05, 4.69) is 53.5 Å². The molecule has 0 saturated carbocycles. The summed E-state index contributed by atoms with van der Waals surface area (Å²) in [5.74, 6) is 1.59. The number of ether oxygens (including phenoxy) is 2. The highest BCUT2D eigenvalue weighted by atomic mass is 32.1. The second-order valence-corrected chi connectivity index (χ2v) is 6.94. The van der Waals surface area contributed by atoms with Crippen molar-refractivity contribution in [3.63, 3.8) is 0 Å². The molecule has 2 aromatic rings. The molecule has 138 valence electrons. The molecular formula is C20H25N3O2S. The Labute approximate surface area is 160 Å². The molecule has 1 aliphatic rings. The Bertz CT molecular complexity index is 737. The highest BCUT2D eigenvalue weighted by Crippen LogP contribution is 2.32. The number of benzene rings is 2. The number of hydrogen-bond acceptors (Lipinski definition) is 4. The first-order valence-corrected chi connectivity index (χ1v) is 9.12. The van der Waals surface area contributed by atoms with Gasteiger partial charge in [0.05, 0.1) is 0 Å². The van der Waals surface area contributed by atoms with Crippen molar-refractivity contribution in [1.82, 2.24) is 15.1 Å². The fourth-order valence-corrected chi connectivity index (χ4v) is 2.95. The van der Waals surface area contributed by atoms with Gasteiger partial charge in [0.1, 0.15) is 0 Å². The SMILES string of the molecule is CN(C)CCN(Cc1ccccc1)C(=S)NCc1ccc2c(c1)OCO2. The van der Waals surface area contributed by atoms with Crippen molar-refractivity contribution >= 4 is 17.3 Å². The van der Waals surface area contributed by atoms with E-state index in [1.807, 2.05) is 24.3 Å². The number of likely N-dealkylation sites (N-methyl/N-ethyl adjacent to an activating group) is 1. The van der Waals surface area contributed by atoms with E-state index in [9.17, 15) is 0 Å². The molecule has 3 rings (SSSR count). The van der Waals surface area contributed by atoms with Crippen molar-refractivity contribution in [2.75, 3.05) is 34.0 Å². The average Bonchev–Trinajstić information content (AvgIpc) is 3.11. The highest BCUT2D eigenvalue weighted by Gasteiger charge is 2.14. The molecule has 0 atom stereocenters. The fraction of sp³-hybridized carbons (Fsp3) is 0.350. The second kappa shape index (κ2) is 8.87. The van der Waals surface area contributed by atoms with Gasteiger partial charge in [0.15, 0.2) is 16.6 Å². The largest absolute Gasteiger partial charge is 0.454 e. The van der Waals surface area contributed by atoms with Crippen LogP contribution in [0.2, 0.25) is 0 Å². The third-order valence-electron chi connectivity index (χ3n) is 4.20. The molecule has 26 heavy (non-hydrogen) atoms. The minimum Gasteiger partial charge on any atom is -0.454 e. The van der Waals surface area contributed by atoms with Gasteiger partial charge in [0, 0.05) is 26.2 Å². The van der Waals surface area contributed by atoms with Gasteiger partial charge in [-0.05, 0) is 49.6 Å². The van der Waals surface area contributed by atoms with Crippen molar-refractivity contribution < 1.29 is 9.47 Å². The Hall–Kier alpha value is -2.31. The van der Waals surface area contributed by atoms with Crippen LogP contribution in [0.3, 0.4) is 0 Å². The van der Waals surface area contributed by atoms with E-state index in [4.69, 9.17) is 21.7 Å². The molecule has 1 N–H and O–H groups in total. The van der Waals surface area contributed by atoms with Crippen LogP contribution in [0.15, 0.2) is 48.5 Å². The number of rotatable bonds is 7. The number of hydrogen-bond donors (Lipinski definition) is 1. The number of fused-ring (bicyclic) bond motifs is 1. The lowest BCUT2D eigenvalue weighted by atomic mass is 10.2. The van der Waals surface area contributed by atoms with Crippen LogP contribution in [0.1, 0.15) is 11.1 Å². The molecule has 5 nitrogen and oxygen atoms in total. The van der Waals surface area contributed by atoms with E-state index in [0.29, 0.717) is 13.3 Å². The summed E-state index contributed by atoms with van der Waals surface area (Å²) in [6, 6.07) is 16.4. The molecule has 0 aliphatic carbocycles. The molecule has 0 bridgehead atoms. The first kappa shape index (κ1) is 18.5. The van der Waals surface area contributed by atoms with E-state index >= 15 is 0 Å². The maximum Gasteiger partial charge on any atom is 0.231 e. The molecule has 6 heteroatoms. The second-order valence-electron chi connectivity index (χ2n) is 6.56. The molecule has 1 aliphatic heterocycles. The Morgan fingerprint density at radius 2 is 1.77 bits per heavy atom. The van der Waals surface area contributed by atoms with E-state index in [1.165, 1.54) is 5.56 Å². The van der Waals surface area contributed by atoms with Gasteiger partial charge in [0.25, 0.3) is 0 Å². The number of nitrogens with one attached hydrogen (secondary N) is 1. The number of nitrogens with zero attached hydrogens (tertiary/aromatic N) is 2. The van der Waals surface area contributed by atoms with Crippen LogP contribution >= 0.6 is 12.2 Å². The lowest BCUT2D eigenvalue weighted by molar-refractivity contribution is 0.174. The fourth-order valence-electron chi connectivity index (χ4n) is 2.72. The lowest BCUT2D eigenvalue weighted by Gasteiger charge is -2.27. The first-order chi connectivity index (χ1) is 12.6. The van der Waals surface area contributed by atoms with Gasteiger partial charge in [-0.25, -0.2) is 0 Å². The van der Waals surface area contributed by atoms with Gasteiger partial charge in [0.2, 0.25) is 6.79 Å². The maximum absolute atomic E-state index is 5.67. The highest BCUT2D eigenvalue weighted by molar-refractivity contribution is 7.80. The summed E-state index contributed by atoms with van der Waals surface area (Å²) in [5.41, 5.74) is 2.36. The molecule has 0 spiro atoms. The minimum absolute atomic E-state index is 0.292. The van der Waals surface area contributed by atoms with E-state index in [-0.39, 0.29) is 0 Å². The molecule has 0 saturated heterocycles. The predicted molar refractivity (Wildman–Crippen MR) is 107 cm³/mol. The van der Waals surface area contributed by atoms with Crippen LogP contribution in [-0.4, -0.2) is 48.9 Å². The monoisotopic (exact) mass is 371 g/mol. The Morgan fingerprint density at radius 3 is 2.54 bits per heavy atom. The zero-order valence-electron chi connectivity index (χ0n) is 15.3. The lowest BCUT2D eigenvalue weighted by Crippen LogP contribution is -2.42. The van der Waals surface area contributed by atoms with Crippen LogP contribution in [0.5, 0.6) is 11.5 Å². The molecule has 2 aromatic carbocycles. The summed E-state index contributed by atoms with van der Waals surface area (Å²) in [5, 5.41) is 4.13. The van der Waals surface area contributed by atoms with Crippen LogP contribution < -0.4 is 14.8 Å². The molecule has 0 unspecified atom stereocenters. The van der Waals surface area contributed by atoms with Gasteiger partial charge in [-0.3, -0.25) is 0 Å². The predicted octanol–water partition coefficient (Wildman–Crippen LogP) is 2.85. The Kier molecular flexibility index (Phi) is 6.30. The van der Waals surface area contributed by atoms with E-state index < -0.39 is 0 Å². The topological polar surface area (TPSA) is 37.0 Å². The molecule has 0 amide bonds. The van der Waals surface area contributed by atoms with Gasteiger partial charge < -0.3 is 24.6 Å². The minimum atomic E-state index is 0.292.